The van der Waals surface area contributed by atoms with E-state index in [4.69, 9.17) is 5.41 Å². The molecule has 110 valence electrons. The van der Waals surface area contributed by atoms with Gasteiger partial charge < -0.3 is 16.6 Å². The highest BCUT2D eigenvalue weighted by Gasteiger charge is 1.95. The molecule has 0 spiro atoms. The fourth-order valence-electron chi connectivity index (χ4n) is 1.27. The van der Waals surface area contributed by atoms with E-state index >= 15 is 0 Å². The Balaban J connectivity index is -0.000000186. The van der Waals surface area contributed by atoms with Crippen LogP contribution in [0.5, 0.6) is 0 Å². The smallest absolute Gasteiger partial charge is 0.0277 e. The fourth-order valence-corrected chi connectivity index (χ4v) is 1.27. The number of benzene rings is 1. The van der Waals surface area contributed by atoms with E-state index in [1.165, 1.54) is 45.2 Å². The van der Waals surface area contributed by atoms with Crippen LogP contribution in [0, 0.1) is 5.41 Å². The Labute approximate surface area is 118 Å². The van der Waals surface area contributed by atoms with Gasteiger partial charge in [-0.3, -0.25) is 0 Å². The molecule has 0 unspecified atom stereocenters. The van der Waals surface area contributed by atoms with E-state index in [0.29, 0.717) is 5.71 Å². The zero-order valence-electron chi connectivity index (χ0n) is 12.4. The Kier molecular flexibility index (Phi) is 26.0. The van der Waals surface area contributed by atoms with Crippen LogP contribution in [0.4, 0.5) is 0 Å². The minimum atomic E-state index is 0. The largest absolute Gasteiger partial charge is 0.412 e. The average Bonchev–Trinajstić information content (AvgIpc) is 3.03. The van der Waals surface area contributed by atoms with Crippen molar-refractivity contribution < 1.29 is 5.48 Å². The normalized spacial score (nSPS) is 10.9. The molecule has 1 saturated carbocycles. The second kappa shape index (κ2) is 21.8. The molecule has 2 rings (SSSR count). The molecule has 0 amide bonds. The highest BCUT2D eigenvalue weighted by atomic mass is 16.0. The van der Waals surface area contributed by atoms with E-state index in [1.54, 1.807) is 6.92 Å². The highest BCUT2D eigenvalue weighted by molar-refractivity contribution is 5.89. The third-order valence-corrected chi connectivity index (χ3v) is 2.22. The Hall–Kier alpha value is -1.45. The summed E-state index contributed by atoms with van der Waals surface area (Å²) in [5.41, 5.74) is 5.02. The maximum Gasteiger partial charge on any atom is 0.0277 e. The number of nitrogens with two attached hydrogens (primary N) is 1. The zero-order valence-corrected chi connectivity index (χ0v) is 12.4. The van der Waals surface area contributed by atoms with Crippen molar-refractivity contribution in [2.75, 3.05) is 7.05 Å². The lowest BCUT2D eigenvalue weighted by atomic mass is 10.4. The number of rotatable bonds is 1. The molecule has 0 aliphatic heterocycles. The number of allylic oxidation sites excluding steroid dienone is 1. The minimum absolute atomic E-state index is 0. The number of hydrogen-bond donors (Lipinski definition) is 2. The van der Waals surface area contributed by atoms with Crippen LogP contribution in [0.2, 0.25) is 0 Å². The highest BCUT2D eigenvalue weighted by Crippen LogP contribution is 2.15. The van der Waals surface area contributed by atoms with Crippen LogP contribution in [0.1, 0.15) is 39.0 Å². The van der Waals surface area contributed by atoms with E-state index in [2.05, 4.69) is 12.3 Å². The van der Waals surface area contributed by atoms with Gasteiger partial charge in [-0.25, -0.2) is 0 Å². The summed E-state index contributed by atoms with van der Waals surface area (Å²) in [7, 11) is 1.50. The predicted octanol–water partition coefficient (Wildman–Crippen LogP) is 3.60. The van der Waals surface area contributed by atoms with Crippen molar-refractivity contribution in [3.63, 3.8) is 0 Å². The molecule has 3 heteroatoms. The lowest BCUT2D eigenvalue weighted by molar-refractivity contribution is 0.824. The van der Waals surface area contributed by atoms with E-state index in [1.807, 2.05) is 36.4 Å². The summed E-state index contributed by atoms with van der Waals surface area (Å²) in [5.74, 6) is 0. The Morgan fingerprint density at radius 2 is 1.05 bits per heavy atom. The zero-order chi connectivity index (χ0) is 14.1. The van der Waals surface area contributed by atoms with Gasteiger partial charge in [0.25, 0.3) is 0 Å². The monoisotopic (exact) mass is 266 g/mol. The Morgan fingerprint density at radius 1 is 0.895 bits per heavy atom. The first-order valence-electron chi connectivity index (χ1n) is 6.52. The first-order valence-corrected chi connectivity index (χ1v) is 6.52. The predicted molar refractivity (Wildman–Crippen MR) is 86.8 cm³/mol. The molecule has 3 nitrogen and oxygen atoms in total. The molecule has 1 aliphatic carbocycles. The summed E-state index contributed by atoms with van der Waals surface area (Å²) in [4.78, 5) is 0. The Morgan fingerprint density at radius 3 is 1.16 bits per heavy atom. The summed E-state index contributed by atoms with van der Waals surface area (Å²) < 4.78 is 0. The van der Waals surface area contributed by atoms with Gasteiger partial charge >= 0.3 is 0 Å². The van der Waals surface area contributed by atoms with Crippen molar-refractivity contribution in [2.45, 2.75) is 39.0 Å². The topological polar surface area (TPSA) is 81.4 Å². The molecule has 0 aromatic heterocycles. The SMILES string of the molecule is C1CCCC1.C=CC(C)=N.CN.O.c1ccccc1. The van der Waals surface area contributed by atoms with Crippen LogP contribution in [-0.2, 0) is 0 Å². The molecule has 5 N–H and O–H groups in total. The lowest BCUT2D eigenvalue weighted by Crippen LogP contribution is -1.72. The minimum Gasteiger partial charge on any atom is -0.412 e. The maximum atomic E-state index is 6.62. The molecule has 1 aromatic carbocycles. The van der Waals surface area contributed by atoms with Crippen molar-refractivity contribution in [3.05, 3.63) is 49.1 Å². The molecular formula is C16H30N2O. The van der Waals surface area contributed by atoms with Crippen LogP contribution < -0.4 is 5.73 Å². The summed E-state index contributed by atoms with van der Waals surface area (Å²) in [6.45, 7) is 5.02. The van der Waals surface area contributed by atoms with Crippen molar-refractivity contribution in [1.82, 2.24) is 0 Å². The van der Waals surface area contributed by atoms with Crippen molar-refractivity contribution in [1.29, 1.82) is 5.41 Å². The Bertz CT molecular complexity index is 235. The fraction of sp³-hybridized carbons (Fsp3) is 0.438. The summed E-state index contributed by atoms with van der Waals surface area (Å²) >= 11 is 0. The number of nitrogens with one attached hydrogen (secondary N) is 1. The molecule has 1 aliphatic rings. The van der Waals surface area contributed by atoms with Gasteiger partial charge in [0.05, 0.1) is 0 Å². The van der Waals surface area contributed by atoms with Crippen LogP contribution in [0.15, 0.2) is 49.1 Å². The van der Waals surface area contributed by atoms with Gasteiger partial charge in [0.15, 0.2) is 0 Å². The van der Waals surface area contributed by atoms with Gasteiger partial charge in [0.1, 0.15) is 0 Å². The first kappa shape index (κ1) is 22.7. The molecule has 19 heavy (non-hydrogen) atoms. The first-order chi connectivity index (χ1) is 8.77. The van der Waals surface area contributed by atoms with Crippen molar-refractivity contribution in [2.24, 2.45) is 5.73 Å². The summed E-state index contributed by atoms with van der Waals surface area (Å²) in [5, 5.41) is 6.62. The molecule has 0 atom stereocenters. The molecule has 0 radical (unpaired) electrons. The van der Waals surface area contributed by atoms with Crippen LogP contribution in [-0.4, -0.2) is 18.2 Å². The molecule has 0 bridgehead atoms. The molecule has 1 fully saturated rings. The summed E-state index contributed by atoms with van der Waals surface area (Å²) in [6.07, 6.45) is 9.00. The quantitative estimate of drug-likeness (QED) is 0.748. The molecule has 1 aromatic rings. The van der Waals surface area contributed by atoms with Crippen LogP contribution in [0.25, 0.3) is 0 Å². The van der Waals surface area contributed by atoms with E-state index in [0.717, 1.165) is 0 Å². The third-order valence-electron chi connectivity index (χ3n) is 2.22. The molecular weight excluding hydrogens is 236 g/mol. The summed E-state index contributed by atoms with van der Waals surface area (Å²) in [6, 6.07) is 12.0. The average molecular weight is 266 g/mol. The van der Waals surface area contributed by atoms with E-state index in [9.17, 15) is 0 Å². The van der Waals surface area contributed by atoms with Gasteiger partial charge in [-0.1, -0.05) is 75.1 Å². The van der Waals surface area contributed by atoms with Gasteiger partial charge in [-0.05, 0) is 20.0 Å². The van der Waals surface area contributed by atoms with Gasteiger partial charge in [0, 0.05) is 5.71 Å². The molecule has 0 saturated heterocycles. The standard InChI is InChI=1S/C6H6.C5H10.C4H7N.CH5N.H2O/c1-2-4-6-5-3-1;1-2-4-5-3-1;1-3-4(2)5;1-2;/h1-6H;1-5H2;3,5H,1H2,2H3;2H2,1H3;1H2. The van der Waals surface area contributed by atoms with Gasteiger partial charge in [0.2, 0.25) is 0 Å². The second-order valence-electron chi connectivity index (χ2n) is 3.81. The van der Waals surface area contributed by atoms with Crippen LogP contribution >= 0.6 is 0 Å². The van der Waals surface area contributed by atoms with Crippen LogP contribution in [0.3, 0.4) is 0 Å². The van der Waals surface area contributed by atoms with E-state index in [-0.39, 0.29) is 5.48 Å². The van der Waals surface area contributed by atoms with Gasteiger partial charge in [-0.2, -0.15) is 0 Å². The van der Waals surface area contributed by atoms with Gasteiger partial charge in [-0.15, -0.1) is 0 Å². The molecule has 0 heterocycles. The second-order valence-corrected chi connectivity index (χ2v) is 3.81. The number of hydrogen-bond acceptors (Lipinski definition) is 2. The van der Waals surface area contributed by atoms with E-state index < -0.39 is 0 Å². The maximum absolute atomic E-state index is 6.62. The van der Waals surface area contributed by atoms with Crippen molar-refractivity contribution in [3.8, 4) is 0 Å². The third kappa shape index (κ3) is 26.3. The lowest BCUT2D eigenvalue weighted by Gasteiger charge is -1.69. The van der Waals surface area contributed by atoms with Crippen molar-refractivity contribution >= 4 is 5.71 Å².